The molecule has 6 rings (SSSR count). The van der Waals surface area contributed by atoms with Crippen LogP contribution in [-0.2, 0) is 0 Å². The van der Waals surface area contributed by atoms with E-state index in [4.69, 9.17) is 0 Å². The summed E-state index contributed by atoms with van der Waals surface area (Å²) in [6.45, 7) is 6.87. The average Bonchev–Trinajstić information content (AvgIpc) is 3.33. The van der Waals surface area contributed by atoms with E-state index in [1.54, 1.807) is 0 Å². The van der Waals surface area contributed by atoms with Crippen molar-refractivity contribution >= 4 is 8.07 Å². The molecule has 0 saturated heterocycles. The molecular formula is C30H26Si. The molecule has 0 spiro atoms. The van der Waals surface area contributed by atoms with Crippen LogP contribution in [-0.4, -0.2) is 8.07 Å². The quantitative estimate of drug-likeness (QED) is 0.235. The van der Waals surface area contributed by atoms with Gasteiger partial charge in [-0.05, 0) is 50.6 Å². The molecule has 4 aromatic rings. The third kappa shape index (κ3) is 2.53. The molecule has 0 N–H and O–H groups in total. The Morgan fingerprint density at radius 2 is 0.871 bits per heavy atom. The highest BCUT2D eigenvalue weighted by atomic mass is 28.3. The average molecular weight is 415 g/mol. The molecule has 150 valence electrons. The van der Waals surface area contributed by atoms with Crippen molar-refractivity contribution in [3.63, 3.8) is 0 Å². The van der Waals surface area contributed by atoms with Crippen molar-refractivity contribution in [3.8, 4) is 22.3 Å². The Morgan fingerprint density at radius 1 is 0.581 bits per heavy atom. The van der Waals surface area contributed by atoms with Gasteiger partial charge in [-0.1, -0.05) is 110 Å². The second-order valence-electron chi connectivity index (χ2n) is 9.21. The van der Waals surface area contributed by atoms with E-state index in [2.05, 4.69) is 116 Å². The predicted octanol–water partition coefficient (Wildman–Crippen LogP) is 7.95. The Balaban J connectivity index is 1.64. The van der Waals surface area contributed by atoms with Crippen LogP contribution in [0.1, 0.15) is 33.3 Å². The summed E-state index contributed by atoms with van der Waals surface area (Å²) >= 11 is 0. The van der Waals surface area contributed by atoms with Gasteiger partial charge in [-0.25, -0.2) is 0 Å². The van der Waals surface area contributed by atoms with Crippen LogP contribution in [0.2, 0.25) is 12.6 Å². The molecule has 4 aromatic carbocycles. The van der Waals surface area contributed by atoms with Crippen molar-refractivity contribution in [2.45, 2.75) is 23.7 Å². The molecule has 0 radical (unpaired) electrons. The van der Waals surface area contributed by atoms with E-state index in [0.29, 0.717) is 11.1 Å². The van der Waals surface area contributed by atoms with Crippen LogP contribution in [0.5, 0.6) is 0 Å². The zero-order valence-electron chi connectivity index (χ0n) is 17.9. The maximum atomic E-state index is 4.25. The fourth-order valence-electron chi connectivity index (χ4n) is 6.45. The van der Waals surface area contributed by atoms with E-state index in [9.17, 15) is 0 Å². The maximum Gasteiger partial charge on any atom is 0.0797 e. The third-order valence-electron chi connectivity index (χ3n) is 7.57. The molecule has 0 fully saturated rings. The summed E-state index contributed by atoms with van der Waals surface area (Å²) in [5.74, 6) is 0. The highest BCUT2D eigenvalue weighted by Crippen LogP contribution is 2.58. The molecule has 0 saturated carbocycles. The molecule has 2 aliphatic carbocycles. The number of fused-ring (bicyclic) bond motifs is 6. The lowest BCUT2D eigenvalue weighted by Crippen LogP contribution is -2.44. The summed E-state index contributed by atoms with van der Waals surface area (Å²) in [6, 6.07) is 37.5. The summed E-state index contributed by atoms with van der Waals surface area (Å²) in [7, 11) is -2.01. The largest absolute Gasteiger partial charge is 0.103 e. The highest BCUT2D eigenvalue weighted by Gasteiger charge is 2.51. The fourth-order valence-corrected chi connectivity index (χ4v) is 11.7. The van der Waals surface area contributed by atoms with E-state index in [-0.39, 0.29) is 0 Å². The molecule has 31 heavy (non-hydrogen) atoms. The van der Waals surface area contributed by atoms with E-state index >= 15 is 0 Å². The molecular weight excluding hydrogens is 388 g/mol. The number of allylic oxidation sites excluding steroid dienone is 1. The number of benzene rings is 4. The van der Waals surface area contributed by atoms with Crippen molar-refractivity contribution in [1.82, 2.24) is 0 Å². The summed E-state index contributed by atoms with van der Waals surface area (Å²) in [4.78, 5) is 0. The van der Waals surface area contributed by atoms with E-state index in [0.717, 1.165) is 6.04 Å². The van der Waals surface area contributed by atoms with E-state index in [1.807, 2.05) is 0 Å². The topological polar surface area (TPSA) is 0 Å². The molecule has 0 aromatic heterocycles. The molecule has 0 amide bonds. The predicted molar refractivity (Wildman–Crippen MR) is 134 cm³/mol. The minimum atomic E-state index is -2.01. The first-order valence-corrected chi connectivity index (χ1v) is 14.1. The number of hydrogen-bond donors (Lipinski definition) is 0. The van der Waals surface area contributed by atoms with Gasteiger partial charge in [-0.3, -0.25) is 0 Å². The van der Waals surface area contributed by atoms with Crippen LogP contribution >= 0.6 is 0 Å². The van der Waals surface area contributed by atoms with Crippen LogP contribution in [0, 0.1) is 0 Å². The van der Waals surface area contributed by atoms with Gasteiger partial charge >= 0.3 is 0 Å². The normalized spacial score (nSPS) is 14.6. The van der Waals surface area contributed by atoms with Crippen molar-refractivity contribution in [2.24, 2.45) is 0 Å². The van der Waals surface area contributed by atoms with Gasteiger partial charge < -0.3 is 0 Å². The highest BCUT2D eigenvalue weighted by molar-refractivity contribution is 6.83. The molecule has 0 bridgehead atoms. The Hall–Kier alpha value is -3.16. The van der Waals surface area contributed by atoms with Crippen molar-refractivity contribution in [1.29, 1.82) is 0 Å². The first kappa shape index (κ1) is 18.6. The molecule has 0 nitrogen and oxygen atoms in total. The molecule has 0 heterocycles. The summed E-state index contributed by atoms with van der Waals surface area (Å²) in [5.41, 5.74) is 12.7. The van der Waals surface area contributed by atoms with Gasteiger partial charge in [-0.15, -0.1) is 6.58 Å². The Bertz CT molecular complexity index is 1130. The molecule has 0 aliphatic heterocycles. The second-order valence-corrected chi connectivity index (χ2v) is 13.8. The van der Waals surface area contributed by atoms with Gasteiger partial charge in [0.2, 0.25) is 0 Å². The van der Waals surface area contributed by atoms with Crippen molar-refractivity contribution in [3.05, 3.63) is 132 Å². The molecule has 0 atom stereocenters. The van der Waals surface area contributed by atoms with Crippen LogP contribution in [0.4, 0.5) is 0 Å². The van der Waals surface area contributed by atoms with Gasteiger partial charge in [0, 0.05) is 11.1 Å². The Kier molecular flexibility index (Phi) is 4.16. The SMILES string of the molecule is C=CC[Si](C)(C1c2ccccc2-c2ccccc21)C1c2ccccc2-c2ccccc21. The standard InChI is InChI=1S/C30H26Si/c1-3-20-31(2,29-25-16-8-4-12-21(25)22-13-5-9-17-26(22)29)30-27-18-10-6-14-23(27)24-15-7-11-19-28(24)30/h3-19,29-30H,1,20H2,2H3. The minimum absolute atomic E-state index is 0.460. The van der Waals surface area contributed by atoms with E-state index < -0.39 is 8.07 Å². The summed E-state index contributed by atoms with van der Waals surface area (Å²) in [6.07, 6.45) is 2.19. The van der Waals surface area contributed by atoms with Crippen LogP contribution in [0.25, 0.3) is 22.3 Å². The van der Waals surface area contributed by atoms with Gasteiger partial charge in [-0.2, -0.15) is 0 Å². The first-order chi connectivity index (χ1) is 15.2. The Labute approximate surface area is 185 Å². The van der Waals surface area contributed by atoms with Gasteiger partial charge in [0.05, 0.1) is 8.07 Å². The molecule has 2 aliphatic rings. The minimum Gasteiger partial charge on any atom is -0.103 e. The van der Waals surface area contributed by atoms with Crippen LogP contribution in [0.15, 0.2) is 110 Å². The van der Waals surface area contributed by atoms with Gasteiger partial charge in [0.1, 0.15) is 0 Å². The zero-order chi connectivity index (χ0) is 21.0. The zero-order valence-corrected chi connectivity index (χ0v) is 18.9. The van der Waals surface area contributed by atoms with Crippen molar-refractivity contribution in [2.75, 3.05) is 0 Å². The summed E-state index contributed by atoms with van der Waals surface area (Å²) in [5, 5.41) is 0. The van der Waals surface area contributed by atoms with Gasteiger partial charge in [0.15, 0.2) is 0 Å². The lowest BCUT2D eigenvalue weighted by Gasteiger charge is -2.40. The van der Waals surface area contributed by atoms with Gasteiger partial charge in [0.25, 0.3) is 0 Å². The number of rotatable bonds is 4. The van der Waals surface area contributed by atoms with E-state index in [1.165, 1.54) is 44.5 Å². The smallest absolute Gasteiger partial charge is 0.0797 e. The third-order valence-corrected chi connectivity index (χ3v) is 12.6. The molecule has 1 heteroatoms. The first-order valence-electron chi connectivity index (χ1n) is 11.2. The summed E-state index contributed by atoms with van der Waals surface area (Å²) < 4.78 is 0. The van der Waals surface area contributed by atoms with Crippen LogP contribution < -0.4 is 0 Å². The monoisotopic (exact) mass is 414 g/mol. The number of hydrogen-bond acceptors (Lipinski definition) is 0. The second kappa shape index (κ2) is 6.93. The lowest BCUT2D eigenvalue weighted by atomic mass is 10.1. The maximum absolute atomic E-state index is 4.25. The van der Waals surface area contributed by atoms with Crippen LogP contribution in [0.3, 0.4) is 0 Å². The lowest BCUT2D eigenvalue weighted by molar-refractivity contribution is 0.992. The van der Waals surface area contributed by atoms with Crippen molar-refractivity contribution < 1.29 is 0 Å². The Morgan fingerprint density at radius 3 is 1.16 bits per heavy atom. The molecule has 0 unspecified atom stereocenters. The fraction of sp³-hybridized carbons (Fsp3) is 0.133.